The van der Waals surface area contributed by atoms with Gasteiger partial charge in [-0.2, -0.15) is 0 Å². The van der Waals surface area contributed by atoms with E-state index < -0.39 is 0 Å². The predicted molar refractivity (Wildman–Crippen MR) is 70.3 cm³/mol. The van der Waals surface area contributed by atoms with Crippen LogP contribution >= 0.6 is 11.6 Å². The van der Waals surface area contributed by atoms with Crippen molar-refractivity contribution in [2.24, 2.45) is 0 Å². The van der Waals surface area contributed by atoms with Crippen LogP contribution in [0, 0.1) is 5.82 Å². The van der Waals surface area contributed by atoms with Gasteiger partial charge in [0.1, 0.15) is 5.82 Å². The fraction of sp³-hybridized carbons (Fsp3) is 0.538. The van der Waals surface area contributed by atoms with Crippen molar-refractivity contribution in [3.63, 3.8) is 0 Å². The van der Waals surface area contributed by atoms with Crippen LogP contribution in [0.5, 0.6) is 0 Å². The zero-order chi connectivity index (χ0) is 12.3. The maximum atomic E-state index is 13.4. The van der Waals surface area contributed by atoms with E-state index in [0.717, 1.165) is 38.2 Å². The number of hydrogen-bond donors (Lipinski definition) is 1. The van der Waals surface area contributed by atoms with E-state index in [0.29, 0.717) is 6.04 Å². The summed E-state index contributed by atoms with van der Waals surface area (Å²) >= 11 is 5.68. The van der Waals surface area contributed by atoms with Crippen LogP contribution in [-0.4, -0.2) is 25.7 Å². The number of hydrogen-bond acceptors (Lipinski definition) is 2. The molecular formula is C13H18ClFN2. The lowest BCUT2D eigenvalue weighted by molar-refractivity contribution is 0.423. The number of piperidine rings is 1. The molecule has 0 bridgehead atoms. The molecule has 1 aromatic rings. The molecule has 1 heterocycles. The van der Waals surface area contributed by atoms with E-state index in [2.05, 4.69) is 17.1 Å². The first-order chi connectivity index (χ1) is 8.20. The average molecular weight is 257 g/mol. The second kappa shape index (κ2) is 5.69. The van der Waals surface area contributed by atoms with Gasteiger partial charge in [-0.25, -0.2) is 4.39 Å². The highest BCUT2D eigenvalue weighted by molar-refractivity contribution is 6.30. The number of anilines is 1. The van der Waals surface area contributed by atoms with Gasteiger partial charge in [-0.05, 0) is 37.6 Å². The van der Waals surface area contributed by atoms with Crippen LogP contribution in [-0.2, 0) is 0 Å². The minimum atomic E-state index is -0.335. The van der Waals surface area contributed by atoms with Crippen LogP contribution < -0.4 is 10.2 Å². The fourth-order valence-corrected chi connectivity index (χ4v) is 2.43. The average Bonchev–Trinajstić information content (AvgIpc) is 2.34. The Morgan fingerprint density at radius 2 is 2.12 bits per heavy atom. The Morgan fingerprint density at radius 3 is 2.71 bits per heavy atom. The van der Waals surface area contributed by atoms with Gasteiger partial charge in [-0.1, -0.05) is 18.5 Å². The van der Waals surface area contributed by atoms with E-state index in [1.807, 2.05) is 6.07 Å². The Morgan fingerprint density at radius 1 is 1.41 bits per heavy atom. The number of rotatable bonds is 3. The first-order valence-corrected chi connectivity index (χ1v) is 6.52. The van der Waals surface area contributed by atoms with Crippen molar-refractivity contribution in [1.29, 1.82) is 0 Å². The summed E-state index contributed by atoms with van der Waals surface area (Å²) in [4.78, 5) is 2.22. The molecule has 4 heteroatoms. The maximum absolute atomic E-state index is 13.4. The number of halogens is 2. The molecule has 1 aliphatic heterocycles. The van der Waals surface area contributed by atoms with Gasteiger partial charge >= 0.3 is 0 Å². The third-order valence-electron chi connectivity index (χ3n) is 3.26. The van der Waals surface area contributed by atoms with E-state index in [1.54, 1.807) is 6.07 Å². The molecule has 1 fully saturated rings. The molecule has 0 saturated carbocycles. The Hall–Kier alpha value is -0.800. The third kappa shape index (κ3) is 3.11. The Balaban J connectivity index is 1.98. The van der Waals surface area contributed by atoms with Gasteiger partial charge in [0.25, 0.3) is 0 Å². The van der Waals surface area contributed by atoms with Crippen LogP contribution in [0.15, 0.2) is 18.2 Å². The van der Waals surface area contributed by atoms with Crippen molar-refractivity contribution in [3.8, 4) is 0 Å². The molecule has 0 spiro atoms. The molecule has 1 N–H and O–H groups in total. The first-order valence-electron chi connectivity index (χ1n) is 6.14. The van der Waals surface area contributed by atoms with E-state index in [9.17, 15) is 4.39 Å². The van der Waals surface area contributed by atoms with Crippen molar-refractivity contribution >= 4 is 17.3 Å². The summed E-state index contributed by atoms with van der Waals surface area (Å²) < 4.78 is 13.4. The molecule has 0 radical (unpaired) electrons. The molecular weight excluding hydrogens is 239 g/mol. The van der Waals surface area contributed by atoms with Crippen LogP contribution in [0.2, 0.25) is 5.02 Å². The van der Waals surface area contributed by atoms with Crippen LogP contribution in [0.3, 0.4) is 0 Å². The lowest BCUT2D eigenvalue weighted by Crippen LogP contribution is -2.42. The lowest BCUT2D eigenvalue weighted by Gasteiger charge is -2.34. The molecule has 0 unspecified atom stereocenters. The largest absolute Gasteiger partial charge is 0.371 e. The summed E-state index contributed by atoms with van der Waals surface area (Å²) in [6, 6.07) is 5.64. The van der Waals surface area contributed by atoms with Gasteiger partial charge in [0.15, 0.2) is 0 Å². The van der Waals surface area contributed by atoms with E-state index in [4.69, 9.17) is 11.6 Å². The Labute approximate surface area is 107 Å². The molecule has 1 aromatic carbocycles. The first kappa shape index (κ1) is 12.7. The van der Waals surface area contributed by atoms with Crippen molar-refractivity contribution in [2.75, 3.05) is 24.5 Å². The minimum absolute atomic E-state index is 0.191. The van der Waals surface area contributed by atoms with Gasteiger partial charge in [-0.15, -0.1) is 0 Å². The maximum Gasteiger partial charge on any atom is 0.143 e. The highest BCUT2D eigenvalue weighted by Gasteiger charge is 2.18. The Bertz CT molecular complexity index is 376. The predicted octanol–water partition coefficient (Wildman–Crippen LogP) is 3.06. The number of nitrogens with one attached hydrogen (secondary N) is 1. The lowest BCUT2D eigenvalue weighted by atomic mass is 10.0. The number of nitrogens with zero attached hydrogens (tertiary/aromatic N) is 1. The Kier molecular flexibility index (Phi) is 4.24. The molecule has 2 nitrogen and oxygen atoms in total. The topological polar surface area (TPSA) is 15.3 Å². The molecule has 0 amide bonds. The minimum Gasteiger partial charge on any atom is -0.371 e. The standard InChI is InChI=1S/C13H18ClFN2/c1-2-16-10-5-7-17(8-6-10)11-3-4-12(14)13(15)9-11/h3-4,9-10,16H,2,5-8H2,1H3. The van der Waals surface area contributed by atoms with E-state index in [1.165, 1.54) is 6.07 Å². The molecule has 2 rings (SSSR count). The zero-order valence-corrected chi connectivity index (χ0v) is 10.8. The summed E-state index contributed by atoms with van der Waals surface area (Å²) in [7, 11) is 0. The summed E-state index contributed by atoms with van der Waals surface area (Å²) in [5.74, 6) is -0.335. The fourth-order valence-electron chi connectivity index (χ4n) is 2.31. The van der Waals surface area contributed by atoms with Crippen LogP contribution in [0.1, 0.15) is 19.8 Å². The highest BCUT2D eigenvalue weighted by atomic mass is 35.5. The monoisotopic (exact) mass is 256 g/mol. The van der Waals surface area contributed by atoms with Crippen molar-refractivity contribution in [2.45, 2.75) is 25.8 Å². The summed E-state index contributed by atoms with van der Waals surface area (Å²) in [5, 5.41) is 3.65. The van der Waals surface area contributed by atoms with Gasteiger partial charge in [-0.3, -0.25) is 0 Å². The molecule has 0 aliphatic carbocycles. The second-order valence-electron chi connectivity index (χ2n) is 4.42. The summed E-state index contributed by atoms with van der Waals surface area (Å²) in [6.07, 6.45) is 2.22. The molecule has 1 aliphatic rings. The smallest absolute Gasteiger partial charge is 0.143 e. The van der Waals surface area contributed by atoms with E-state index in [-0.39, 0.29) is 10.8 Å². The van der Waals surface area contributed by atoms with Crippen LogP contribution in [0.4, 0.5) is 10.1 Å². The van der Waals surface area contributed by atoms with Crippen molar-refractivity contribution < 1.29 is 4.39 Å². The van der Waals surface area contributed by atoms with Gasteiger partial charge < -0.3 is 10.2 Å². The van der Waals surface area contributed by atoms with Crippen LogP contribution in [0.25, 0.3) is 0 Å². The quantitative estimate of drug-likeness (QED) is 0.894. The SMILES string of the molecule is CCNC1CCN(c2ccc(Cl)c(F)c2)CC1. The summed E-state index contributed by atoms with van der Waals surface area (Å²) in [6.45, 7) is 5.08. The van der Waals surface area contributed by atoms with Gasteiger partial charge in [0.05, 0.1) is 5.02 Å². The molecule has 94 valence electrons. The molecule has 0 atom stereocenters. The normalized spacial score (nSPS) is 17.5. The van der Waals surface area contributed by atoms with E-state index >= 15 is 0 Å². The number of benzene rings is 1. The highest BCUT2D eigenvalue weighted by Crippen LogP contribution is 2.24. The van der Waals surface area contributed by atoms with Crippen molar-refractivity contribution in [1.82, 2.24) is 5.32 Å². The van der Waals surface area contributed by atoms with Crippen molar-refractivity contribution in [3.05, 3.63) is 29.0 Å². The van der Waals surface area contributed by atoms with Gasteiger partial charge in [0.2, 0.25) is 0 Å². The van der Waals surface area contributed by atoms with Gasteiger partial charge in [0, 0.05) is 24.8 Å². The summed E-state index contributed by atoms with van der Waals surface area (Å²) in [5.41, 5.74) is 0.932. The zero-order valence-electron chi connectivity index (χ0n) is 10.0. The molecule has 1 saturated heterocycles. The molecule has 0 aromatic heterocycles. The molecule has 17 heavy (non-hydrogen) atoms. The third-order valence-corrected chi connectivity index (χ3v) is 3.56. The second-order valence-corrected chi connectivity index (χ2v) is 4.82.